The van der Waals surface area contributed by atoms with E-state index in [1.807, 2.05) is 19.1 Å². The van der Waals surface area contributed by atoms with Crippen molar-refractivity contribution < 1.29 is 9.90 Å². The van der Waals surface area contributed by atoms with Gasteiger partial charge in [0, 0.05) is 5.69 Å². The number of carbonyl (C=O) groups excluding carboxylic acids is 1. The summed E-state index contributed by atoms with van der Waals surface area (Å²) in [5, 5.41) is 12.3. The molecule has 0 saturated carbocycles. The molecule has 2 rings (SSSR count). The highest BCUT2D eigenvalue weighted by Crippen LogP contribution is 2.30. The van der Waals surface area contributed by atoms with Gasteiger partial charge in [-0.1, -0.05) is 12.1 Å². The molecule has 1 heterocycles. The number of anilines is 1. The van der Waals surface area contributed by atoms with Gasteiger partial charge >= 0.3 is 0 Å². The Kier molecular flexibility index (Phi) is 2.04. The van der Waals surface area contributed by atoms with Crippen LogP contribution in [0, 0.1) is 6.92 Å². The molecule has 0 spiro atoms. The van der Waals surface area contributed by atoms with Gasteiger partial charge in [0.15, 0.2) is 0 Å². The Morgan fingerprint density at radius 3 is 2.86 bits per heavy atom. The molecule has 0 saturated heterocycles. The van der Waals surface area contributed by atoms with Crippen LogP contribution in [0.1, 0.15) is 29.7 Å². The fourth-order valence-corrected chi connectivity index (χ4v) is 1.81. The van der Waals surface area contributed by atoms with E-state index in [1.54, 1.807) is 6.92 Å². The van der Waals surface area contributed by atoms with Crippen molar-refractivity contribution in [2.45, 2.75) is 26.4 Å². The van der Waals surface area contributed by atoms with Crippen LogP contribution in [0.15, 0.2) is 12.1 Å². The van der Waals surface area contributed by atoms with E-state index < -0.39 is 6.10 Å². The van der Waals surface area contributed by atoms with Crippen LogP contribution in [0.5, 0.6) is 0 Å². The zero-order valence-electron chi connectivity index (χ0n) is 8.29. The van der Waals surface area contributed by atoms with E-state index in [0.29, 0.717) is 6.42 Å². The second-order valence-corrected chi connectivity index (χ2v) is 3.77. The molecule has 1 atom stereocenters. The van der Waals surface area contributed by atoms with Gasteiger partial charge in [-0.25, -0.2) is 0 Å². The number of nitrogens with one attached hydrogen (secondary N) is 1. The lowest BCUT2D eigenvalue weighted by molar-refractivity contribution is -0.115. The Labute approximate surface area is 82.8 Å². The van der Waals surface area contributed by atoms with E-state index in [2.05, 4.69) is 5.32 Å². The number of rotatable bonds is 1. The van der Waals surface area contributed by atoms with Crippen molar-refractivity contribution in [3.8, 4) is 0 Å². The molecule has 1 amide bonds. The molecule has 1 aromatic rings. The molecule has 0 aromatic heterocycles. The molecule has 14 heavy (non-hydrogen) atoms. The molecule has 3 heteroatoms. The summed E-state index contributed by atoms with van der Waals surface area (Å²) >= 11 is 0. The third-order valence-electron chi connectivity index (χ3n) is 2.54. The Morgan fingerprint density at radius 2 is 2.21 bits per heavy atom. The maximum Gasteiger partial charge on any atom is 0.228 e. The van der Waals surface area contributed by atoms with E-state index >= 15 is 0 Å². The first-order valence-electron chi connectivity index (χ1n) is 4.69. The summed E-state index contributed by atoms with van der Waals surface area (Å²) in [5.41, 5.74) is 3.80. The Hall–Kier alpha value is -1.35. The largest absolute Gasteiger partial charge is 0.389 e. The van der Waals surface area contributed by atoms with Gasteiger partial charge in [0.05, 0.1) is 12.5 Å². The van der Waals surface area contributed by atoms with Crippen molar-refractivity contribution in [3.05, 3.63) is 28.8 Å². The van der Waals surface area contributed by atoms with Crippen molar-refractivity contribution >= 4 is 11.6 Å². The Bertz CT molecular complexity index is 397. The number of fused-ring (bicyclic) bond motifs is 1. The number of aliphatic hydroxyl groups is 1. The number of carbonyl (C=O) groups is 1. The maximum atomic E-state index is 11.2. The number of amides is 1. The lowest BCUT2D eigenvalue weighted by Gasteiger charge is -2.09. The third kappa shape index (κ3) is 1.40. The molecule has 0 fully saturated rings. The van der Waals surface area contributed by atoms with Crippen LogP contribution in [0.2, 0.25) is 0 Å². The van der Waals surface area contributed by atoms with Gasteiger partial charge < -0.3 is 10.4 Å². The normalized spacial score (nSPS) is 16.4. The van der Waals surface area contributed by atoms with E-state index in [9.17, 15) is 9.90 Å². The second-order valence-electron chi connectivity index (χ2n) is 3.77. The molecule has 74 valence electrons. The molecule has 0 bridgehead atoms. The van der Waals surface area contributed by atoms with Crippen molar-refractivity contribution in [2.75, 3.05) is 5.32 Å². The summed E-state index contributed by atoms with van der Waals surface area (Å²) in [6.45, 7) is 3.67. The van der Waals surface area contributed by atoms with Gasteiger partial charge in [-0.2, -0.15) is 0 Å². The molecule has 0 aliphatic carbocycles. The van der Waals surface area contributed by atoms with Crippen molar-refractivity contribution in [1.29, 1.82) is 0 Å². The lowest BCUT2D eigenvalue weighted by atomic mass is 10.0. The van der Waals surface area contributed by atoms with Crippen LogP contribution < -0.4 is 5.32 Å². The first kappa shape index (κ1) is 9.21. The number of hydrogen-bond acceptors (Lipinski definition) is 2. The first-order chi connectivity index (χ1) is 6.58. The Morgan fingerprint density at radius 1 is 1.50 bits per heavy atom. The van der Waals surface area contributed by atoms with Crippen molar-refractivity contribution in [2.24, 2.45) is 0 Å². The minimum absolute atomic E-state index is 0.0332. The van der Waals surface area contributed by atoms with Crippen LogP contribution in [-0.2, 0) is 11.2 Å². The standard InChI is InChI=1S/C11H13NO2/c1-6-3-8(7(2)13)4-9-5-10(14)12-11(6)9/h3-4,7,13H,5H2,1-2H3,(H,12,14). The van der Waals surface area contributed by atoms with Gasteiger partial charge in [-0.3, -0.25) is 4.79 Å². The summed E-state index contributed by atoms with van der Waals surface area (Å²) < 4.78 is 0. The minimum atomic E-state index is -0.477. The predicted octanol–water partition coefficient (Wildman–Crippen LogP) is 1.54. The second kappa shape index (κ2) is 3.10. The molecule has 1 aliphatic heterocycles. The highest BCUT2D eigenvalue weighted by Gasteiger charge is 2.20. The maximum absolute atomic E-state index is 11.2. The number of hydrogen-bond donors (Lipinski definition) is 2. The molecular weight excluding hydrogens is 178 g/mol. The highest BCUT2D eigenvalue weighted by atomic mass is 16.3. The van der Waals surface area contributed by atoms with Crippen molar-refractivity contribution in [1.82, 2.24) is 0 Å². The zero-order valence-corrected chi connectivity index (χ0v) is 8.29. The summed E-state index contributed by atoms with van der Waals surface area (Å²) in [5.74, 6) is 0.0332. The van der Waals surface area contributed by atoms with E-state index in [1.165, 1.54) is 0 Å². The van der Waals surface area contributed by atoms with Gasteiger partial charge in [0.1, 0.15) is 0 Å². The number of aryl methyl sites for hydroxylation is 1. The zero-order chi connectivity index (χ0) is 10.3. The summed E-state index contributed by atoms with van der Waals surface area (Å²) in [6, 6.07) is 3.81. The summed E-state index contributed by atoms with van der Waals surface area (Å²) in [6.07, 6.45) is -0.0498. The minimum Gasteiger partial charge on any atom is -0.389 e. The van der Waals surface area contributed by atoms with E-state index in [-0.39, 0.29) is 5.91 Å². The smallest absolute Gasteiger partial charge is 0.228 e. The number of benzene rings is 1. The van der Waals surface area contributed by atoms with Crippen LogP contribution in [-0.4, -0.2) is 11.0 Å². The molecule has 0 radical (unpaired) electrons. The van der Waals surface area contributed by atoms with Crippen LogP contribution in [0.3, 0.4) is 0 Å². The number of aliphatic hydroxyl groups excluding tert-OH is 1. The summed E-state index contributed by atoms with van der Waals surface area (Å²) in [4.78, 5) is 11.2. The van der Waals surface area contributed by atoms with Gasteiger partial charge in [0.2, 0.25) is 5.91 Å². The average molecular weight is 191 g/mol. The van der Waals surface area contributed by atoms with E-state index in [0.717, 1.165) is 22.4 Å². The van der Waals surface area contributed by atoms with Gasteiger partial charge in [-0.15, -0.1) is 0 Å². The van der Waals surface area contributed by atoms with Crippen LogP contribution in [0.25, 0.3) is 0 Å². The quantitative estimate of drug-likeness (QED) is 0.707. The van der Waals surface area contributed by atoms with Crippen LogP contribution in [0.4, 0.5) is 5.69 Å². The van der Waals surface area contributed by atoms with E-state index in [4.69, 9.17) is 0 Å². The third-order valence-corrected chi connectivity index (χ3v) is 2.54. The topological polar surface area (TPSA) is 49.3 Å². The van der Waals surface area contributed by atoms with Crippen LogP contribution >= 0.6 is 0 Å². The fourth-order valence-electron chi connectivity index (χ4n) is 1.81. The average Bonchev–Trinajstić information content (AvgIpc) is 2.45. The first-order valence-corrected chi connectivity index (χ1v) is 4.69. The molecule has 1 unspecified atom stereocenters. The molecular formula is C11H13NO2. The monoisotopic (exact) mass is 191 g/mol. The molecule has 1 aliphatic rings. The molecule has 1 aromatic carbocycles. The lowest BCUT2D eigenvalue weighted by Crippen LogP contribution is -2.04. The van der Waals surface area contributed by atoms with Crippen molar-refractivity contribution in [3.63, 3.8) is 0 Å². The SMILES string of the molecule is Cc1cc(C(C)O)cc2c1NC(=O)C2. The predicted molar refractivity (Wildman–Crippen MR) is 54.1 cm³/mol. The fraction of sp³-hybridized carbons (Fsp3) is 0.364. The molecule has 2 N–H and O–H groups in total. The van der Waals surface area contributed by atoms with Gasteiger partial charge in [0.25, 0.3) is 0 Å². The van der Waals surface area contributed by atoms with Gasteiger partial charge in [-0.05, 0) is 30.5 Å². The summed E-state index contributed by atoms with van der Waals surface area (Å²) in [7, 11) is 0. The molecule has 3 nitrogen and oxygen atoms in total. The Balaban J connectivity index is 2.51. The highest BCUT2D eigenvalue weighted by molar-refractivity contribution is 6.00.